The second-order valence-corrected chi connectivity index (χ2v) is 9.29. The molecule has 3 heterocycles. The molecule has 8 heteroatoms. The topological polar surface area (TPSA) is 100.0 Å². The summed E-state index contributed by atoms with van der Waals surface area (Å²) in [6.07, 6.45) is 1.91. The molecule has 1 aliphatic heterocycles. The summed E-state index contributed by atoms with van der Waals surface area (Å²) in [5.74, 6) is 0.611. The van der Waals surface area contributed by atoms with Crippen molar-refractivity contribution < 1.29 is 0 Å². The fourth-order valence-corrected chi connectivity index (χ4v) is 5.20. The molecule has 0 amide bonds. The van der Waals surface area contributed by atoms with E-state index in [4.69, 9.17) is 10.7 Å². The van der Waals surface area contributed by atoms with Gasteiger partial charge < -0.3 is 16.0 Å². The summed E-state index contributed by atoms with van der Waals surface area (Å²) in [6, 6.07) is 21.4. The van der Waals surface area contributed by atoms with E-state index in [1.165, 1.54) is 11.3 Å². The van der Waals surface area contributed by atoms with Crippen molar-refractivity contribution in [2.75, 3.05) is 23.3 Å². The van der Waals surface area contributed by atoms with Gasteiger partial charge in [-0.25, -0.2) is 4.98 Å². The molecule has 3 N–H and O–H groups in total. The molecule has 0 unspecified atom stereocenters. The van der Waals surface area contributed by atoms with Crippen molar-refractivity contribution in [1.82, 2.24) is 9.55 Å². The highest BCUT2D eigenvalue weighted by Crippen LogP contribution is 2.31. The first-order valence-electron chi connectivity index (χ1n) is 11.0. The molecule has 166 valence electrons. The zero-order valence-corrected chi connectivity index (χ0v) is 18.9. The van der Waals surface area contributed by atoms with Gasteiger partial charge in [-0.3, -0.25) is 9.36 Å². The van der Waals surface area contributed by atoms with E-state index in [1.807, 2.05) is 54.6 Å². The Labute approximate surface area is 195 Å². The lowest BCUT2D eigenvalue weighted by Gasteiger charge is -2.33. The van der Waals surface area contributed by atoms with Gasteiger partial charge >= 0.3 is 0 Å². The summed E-state index contributed by atoms with van der Waals surface area (Å²) < 4.78 is 2.28. The third-order valence-electron chi connectivity index (χ3n) is 5.86. The summed E-state index contributed by atoms with van der Waals surface area (Å²) in [5.41, 5.74) is 9.12. The van der Waals surface area contributed by atoms with Gasteiger partial charge in [-0.2, -0.15) is 5.26 Å². The van der Waals surface area contributed by atoms with Crippen LogP contribution in [0.4, 0.5) is 16.6 Å². The molecular formula is C25H24N6OS. The van der Waals surface area contributed by atoms with E-state index >= 15 is 0 Å². The third kappa shape index (κ3) is 4.33. The molecule has 0 spiro atoms. The van der Waals surface area contributed by atoms with Crippen molar-refractivity contribution in [2.24, 2.45) is 5.73 Å². The van der Waals surface area contributed by atoms with E-state index in [2.05, 4.69) is 16.3 Å². The summed E-state index contributed by atoms with van der Waals surface area (Å²) >= 11 is 1.39. The Morgan fingerprint density at radius 3 is 2.76 bits per heavy atom. The number of nitriles is 1. The van der Waals surface area contributed by atoms with Crippen molar-refractivity contribution in [2.45, 2.75) is 25.4 Å². The smallest absolute Gasteiger partial charge is 0.273 e. The molecule has 1 fully saturated rings. The number of rotatable bonds is 5. The number of anilines is 3. The molecule has 0 radical (unpaired) electrons. The maximum absolute atomic E-state index is 13.7. The van der Waals surface area contributed by atoms with Gasteiger partial charge in [0.05, 0.1) is 28.7 Å². The van der Waals surface area contributed by atoms with E-state index in [1.54, 1.807) is 10.6 Å². The predicted molar refractivity (Wildman–Crippen MR) is 133 cm³/mol. The Kier molecular flexibility index (Phi) is 5.82. The summed E-state index contributed by atoms with van der Waals surface area (Å²) in [6.45, 7) is 1.73. The second kappa shape index (κ2) is 9.06. The van der Waals surface area contributed by atoms with Crippen LogP contribution in [-0.4, -0.2) is 28.7 Å². The van der Waals surface area contributed by atoms with Gasteiger partial charge in [-0.05, 0) is 42.7 Å². The summed E-state index contributed by atoms with van der Waals surface area (Å²) in [7, 11) is 0. The van der Waals surface area contributed by atoms with Crippen LogP contribution in [0.5, 0.6) is 0 Å². The number of nitrogens with one attached hydrogen (secondary N) is 1. The van der Waals surface area contributed by atoms with Crippen molar-refractivity contribution in [3.05, 3.63) is 82.1 Å². The van der Waals surface area contributed by atoms with Crippen LogP contribution in [0, 0.1) is 11.3 Å². The molecule has 1 aliphatic rings. The van der Waals surface area contributed by atoms with Crippen LogP contribution in [0.2, 0.25) is 0 Å². The molecule has 0 aliphatic carbocycles. The van der Waals surface area contributed by atoms with Gasteiger partial charge in [0.2, 0.25) is 5.95 Å². The first kappa shape index (κ1) is 21.2. The Morgan fingerprint density at radius 1 is 1.18 bits per heavy atom. The lowest BCUT2D eigenvalue weighted by atomic mass is 10.1. The highest BCUT2D eigenvalue weighted by atomic mass is 32.1. The Bertz CT molecular complexity index is 1390. The minimum atomic E-state index is -0.104. The first-order valence-corrected chi connectivity index (χ1v) is 11.8. The maximum Gasteiger partial charge on any atom is 0.273 e. The minimum Gasteiger partial charge on any atom is -0.347 e. The number of thiophene rings is 1. The molecule has 5 rings (SSSR count). The van der Waals surface area contributed by atoms with Crippen molar-refractivity contribution in [3.8, 4) is 6.07 Å². The van der Waals surface area contributed by atoms with Crippen molar-refractivity contribution in [3.63, 3.8) is 0 Å². The molecule has 2 aromatic carbocycles. The minimum absolute atomic E-state index is 0.0453. The van der Waals surface area contributed by atoms with Crippen LogP contribution in [0.1, 0.15) is 24.0 Å². The number of nitrogens with two attached hydrogens (primary N) is 1. The monoisotopic (exact) mass is 456 g/mol. The Balaban J connectivity index is 1.62. The quantitative estimate of drug-likeness (QED) is 0.470. The second-order valence-electron chi connectivity index (χ2n) is 8.24. The molecule has 0 bridgehead atoms. The van der Waals surface area contributed by atoms with Crippen molar-refractivity contribution in [1.29, 1.82) is 5.26 Å². The lowest BCUT2D eigenvalue weighted by Crippen LogP contribution is -2.45. The van der Waals surface area contributed by atoms with Crippen LogP contribution in [0.15, 0.2) is 65.5 Å². The number of hydrogen-bond donors (Lipinski definition) is 2. The van der Waals surface area contributed by atoms with Crippen LogP contribution < -0.4 is 21.5 Å². The van der Waals surface area contributed by atoms with Gasteiger partial charge in [-0.1, -0.05) is 36.4 Å². The molecule has 4 aromatic rings. The first-order chi connectivity index (χ1) is 16.1. The van der Waals surface area contributed by atoms with Crippen LogP contribution in [0.3, 0.4) is 0 Å². The number of para-hydroxylation sites is 1. The van der Waals surface area contributed by atoms with E-state index in [0.29, 0.717) is 28.3 Å². The van der Waals surface area contributed by atoms with Crippen LogP contribution >= 0.6 is 11.3 Å². The Morgan fingerprint density at radius 2 is 1.97 bits per heavy atom. The molecule has 1 atom stereocenters. The molecule has 0 saturated carbocycles. The van der Waals surface area contributed by atoms with Gasteiger partial charge in [0.25, 0.3) is 5.56 Å². The fraction of sp³-hybridized carbons (Fsp3) is 0.240. The molecule has 1 saturated heterocycles. The van der Waals surface area contributed by atoms with Crippen molar-refractivity contribution >= 4 is 38.2 Å². The van der Waals surface area contributed by atoms with Gasteiger partial charge in [0.15, 0.2) is 0 Å². The third-order valence-corrected chi connectivity index (χ3v) is 6.89. The zero-order valence-electron chi connectivity index (χ0n) is 18.1. The van der Waals surface area contributed by atoms with Gasteiger partial charge in [0, 0.05) is 24.8 Å². The number of aromatic nitrogens is 2. The number of piperidine rings is 1. The SMILES string of the molecule is N#Cc1ccccc1Cn1c(N2CCC[C@@H](N)C2)nc2cc(Nc3ccccc3)sc2c1=O. The normalized spacial score (nSPS) is 16.0. The average molecular weight is 457 g/mol. The number of benzene rings is 2. The largest absolute Gasteiger partial charge is 0.347 e. The average Bonchev–Trinajstić information content (AvgIpc) is 3.24. The van der Waals surface area contributed by atoms with Gasteiger partial charge in [0.1, 0.15) is 4.70 Å². The number of nitrogens with zero attached hydrogens (tertiary/aromatic N) is 4. The Hall–Kier alpha value is -3.67. The van der Waals surface area contributed by atoms with E-state index in [0.717, 1.165) is 35.6 Å². The van der Waals surface area contributed by atoms with Gasteiger partial charge in [-0.15, -0.1) is 11.3 Å². The van der Waals surface area contributed by atoms with Crippen LogP contribution in [0.25, 0.3) is 10.2 Å². The number of fused-ring (bicyclic) bond motifs is 1. The predicted octanol–water partition coefficient (Wildman–Crippen LogP) is 4.05. The molecule has 2 aromatic heterocycles. The molecule has 7 nitrogen and oxygen atoms in total. The maximum atomic E-state index is 13.7. The van der Waals surface area contributed by atoms with E-state index in [-0.39, 0.29) is 18.1 Å². The lowest BCUT2D eigenvalue weighted by molar-refractivity contribution is 0.492. The molecule has 33 heavy (non-hydrogen) atoms. The summed E-state index contributed by atoms with van der Waals surface area (Å²) in [5, 5.41) is 13.8. The highest BCUT2D eigenvalue weighted by molar-refractivity contribution is 7.22. The number of hydrogen-bond acceptors (Lipinski definition) is 7. The summed E-state index contributed by atoms with van der Waals surface area (Å²) in [4.78, 5) is 20.7. The van der Waals surface area contributed by atoms with E-state index in [9.17, 15) is 10.1 Å². The zero-order chi connectivity index (χ0) is 22.8. The highest BCUT2D eigenvalue weighted by Gasteiger charge is 2.24. The van der Waals surface area contributed by atoms with E-state index < -0.39 is 0 Å². The fourth-order valence-electron chi connectivity index (χ4n) is 4.24. The standard InChI is InChI=1S/C25H24N6OS/c26-14-17-7-4-5-8-18(17)15-31-24(32)23-21(29-25(31)30-12-6-9-19(27)16-30)13-22(33-23)28-20-10-2-1-3-11-20/h1-5,7-8,10-11,13,19,28H,6,9,12,15-16,27H2/t19-/m1/s1. The van der Waals surface area contributed by atoms with Crippen LogP contribution in [-0.2, 0) is 6.54 Å². The molecular weight excluding hydrogens is 432 g/mol.